The van der Waals surface area contributed by atoms with E-state index in [9.17, 15) is 19.6 Å². The van der Waals surface area contributed by atoms with Crippen LogP contribution >= 0.6 is 0 Å². The summed E-state index contributed by atoms with van der Waals surface area (Å²) in [5, 5.41) is 11.9. The number of ether oxygens (including phenoxy) is 3. The first kappa shape index (κ1) is 25.4. The Hall–Kier alpha value is -3.90. The summed E-state index contributed by atoms with van der Waals surface area (Å²) >= 11 is 0. The average Bonchev–Trinajstić information content (AvgIpc) is 3.07. The van der Waals surface area contributed by atoms with E-state index in [0.717, 1.165) is 11.4 Å². The molecular formula is C24H27N3O6. The molecule has 0 aliphatic heterocycles. The SMILES string of the molecule is CCOC(=O)c1ccc(NC(=O)COC(=O)/C(C#N)=C\c2cc(C)n(CCOC)c2C)cc1. The monoisotopic (exact) mass is 453 g/mol. The molecule has 0 atom stereocenters. The average molecular weight is 453 g/mol. The van der Waals surface area contributed by atoms with Crippen molar-refractivity contribution >= 4 is 29.6 Å². The maximum Gasteiger partial charge on any atom is 0.349 e. The van der Waals surface area contributed by atoms with Gasteiger partial charge in [-0.25, -0.2) is 9.59 Å². The van der Waals surface area contributed by atoms with Crippen molar-refractivity contribution in [3.05, 3.63) is 58.4 Å². The lowest BCUT2D eigenvalue weighted by Crippen LogP contribution is -2.21. The van der Waals surface area contributed by atoms with Gasteiger partial charge in [-0.15, -0.1) is 0 Å². The topological polar surface area (TPSA) is 120 Å². The molecule has 0 radical (unpaired) electrons. The van der Waals surface area contributed by atoms with Crippen molar-refractivity contribution in [2.24, 2.45) is 0 Å². The van der Waals surface area contributed by atoms with Crippen LogP contribution < -0.4 is 5.32 Å². The number of aromatic nitrogens is 1. The smallest absolute Gasteiger partial charge is 0.349 e. The molecule has 2 rings (SSSR count). The number of carbonyl (C=O) groups excluding carboxylic acids is 3. The number of methoxy groups -OCH3 is 1. The summed E-state index contributed by atoms with van der Waals surface area (Å²) in [6, 6.07) is 9.78. The van der Waals surface area contributed by atoms with Crippen molar-refractivity contribution in [3.8, 4) is 6.07 Å². The maximum atomic E-state index is 12.3. The fourth-order valence-corrected chi connectivity index (χ4v) is 3.10. The summed E-state index contributed by atoms with van der Waals surface area (Å²) in [6.07, 6.45) is 1.44. The van der Waals surface area contributed by atoms with Gasteiger partial charge in [-0.3, -0.25) is 4.79 Å². The molecule has 0 spiro atoms. The third-order valence-electron chi connectivity index (χ3n) is 4.79. The summed E-state index contributed by atoms with van der Waals surface area (Å²) < 4.78 is 17.0. The molecule has 1 aromatic heterocycles. The number of carbonyl (C=O) groups is 3. The van der Waals surface area contributed by atoms with Crippen molar-refractivity contribution in [3.63, 3.8) is 0 Å². The Bertz CT molecular complexity index is 1080. The Labute approximate surface area is 192 Å². The molecule has 33 heavy (non-hydrogen) atoms. The largest absolute Gasteiger partial charge is 0.462 e. The van der Waals surface area contributed by atoms with Gasteiger partial charge < -0.3 is 24.1 Å². The number of hydrogen-bond donors (Lipinski definition) is 1. The normalized spacial score (nSPS) is 10.9. The standard InChI is InChI=1S/C24H27N3O6/c1-5-32-23(29)18-6-8-21(9-7-18)26-22(28)15-33-24(30)20(14-25)13-19-12-16(2)27(17(19)3)10-11-31-4/h6-9,12-13H,5,10-11,15H2,1-4H3,(H,26,28)/b20-13-. The number of anilines is 1. The van der Waals surface area contributed by atoms with Crippen molar-refractivity contribution in [2.45, 2.75) is 27.3 Å². The Morgan fingerprint density at radius 1 is 1.15 bits per heavy atom. The lowest BCUT2D eigenvalue weighted by molar-refractivity contribution is -0.142. The van der Waals surface area contributed by atoms with Gasteiger partial charge in [-0.1, -0.05) is 0 Å². The van der Waals surface area contributed by atoms with E-state index in [1.54, 1.807) is 14.0 Å². The van der Waals surface area contributed by atoms with Crippen LogP contribution in [0.5, 0.6) is 0 Å². The van der Waals surface area contributed by atoms with Crippen molar-refractivity contribution < 1.29 is 28.6 Å². The second kappa shape index (κ2) is 12.2. The van der Waals surface area contributed by atoms with Gasteiger partial charge in [0.15, 0.2) is 6.61 Å². The molecule has 0 aliphatic carbocycles. The lowest BCUT2D eigenvalue weighted by Gasteiger charge is -2.08. The Morgan fingerprint density at radius 3 is 2.45 bits per heavy atom. The van der Waals surface area contributed by atoms with Gasteiger partial charge in [0, 0.05) is 30.7 Å². The number of rotatable bonds is 10. The zero-order chi connectivity index (χ0) is 24.4. The Kier molecular flexibility index (Phi) is 9.39. The van der Waals surface area contributed by atoms with Gasteiger partial charge in [-0.2, -0.15) is 5.26 Å². The highest BCUT2D eigenvalue weighted by molar-refractivity contribution is 6.00. The summed E-state index contributed by atoms with van der Waals surface area (Å²) in [5.74, 6) is -1.94. The molecular weight excluding hydrogens is 426 g/mol. The zero-order valence-electron chi connectivity index (χ0n) is 19.1. The Morgan fingerprint density at radius 2 is 1.85 bits per heavy atom. The van der Waals surface area contributed by atoms with Crippen LogP contribution in [-0.4, -0.2) is 49.3 Å². The number of nitrogens with zero attached hydrogens (tertiary/aromatic N) is 2. The van der Waals surface area contributed by atoms with Crippen molar-refractivity contribution in [1.29, 1.82) is 5.26 Å². The van der Waals surface area contributed by atoms with Gasteiger partial charge in [0.2, 0.25) is 0 Å². The Balaban J connectivity index is 1.98. The number of esters is 2. The fraction of sp³-hybridized carbons (Fsp3) is 0.333. The first-order valence-electron chi connectivity index (χ1n) is 10.3. The highest BCUT2D eigenvalue weighted by atomic mass is 16.5. The minimum absolute atomic E-state index is 0.214. The van der Waals surface area contributed by atoms with E-state index in [-0.39, 0.29) is 12.2 Å². The number of aryl methyl sites for hydroxylation is 1. The van der Waals surface area contributed by atoms with Gasteiger partial charge in [0.25, 0.3) is 5.91 Å². The summed E-state index contributed by atoms with van der Waals surface area (Å²) in [6.45, 7) is 6.40. The molecule has 9 nitrogen and oxygen atoms in total. The van der Waals surface area contributed by atoms with E-state index in [2.05, 4.69) is 5.32 Å². The third kappa shape index (κ3) is 7.05. The third-order valence-corrected chi connectivity index (χ3v) is 4.79. The molecule has 0 fully saturated rings. The molecule has 1 N–H and O–H groups in total. The summed E-state index contributed by atoms with van der Waals surface area (Å²) in [5.41, 5.74) is 3.12. The molecule has 1 heterocycles. The molecule has 174 valence electrons. The van der Waals surface area contributed by atoms with Crippen LogP contribution in [0.4, 0.5) is 5.69 Å². The quantitative estimate of drug-likeness (QED) is 0.334. The maximum absolute atomic E-state index is 12.3. The number of hydrogen-bond acceptors (Lipinski definition) is 7. The first-order chi connectivity index (χ1) is 15.8. The first-order valence-corrected chi connectivity index (χ1v) is 10.3. The van der Waals surface area contributed by atoms with E-state index in [1.165, 1.54) is 30.3 Å². The summed E-state index contributed by atoms with van der Waals surface area (Å²) in [7, 11) is 1.62. The molecule has 1 amide bonds. The zero-order valence-corrected chi connectivity index (χ0v) is 19.1. The van der Waals surface area contributed by atoms with Gasteiger partial charge >= 0.3 is 11.9 Å². The predicted octanol–water partition coefficient (Wildman–Crippen LogP) is 3.02. The molecule has 0 bridgehead atoms. The van der Waals surface area contributed by atoms with Crippen LogP contribution in [0.15, 0.2) is 35.9 Å². The second-order valence-corrected chi connectivity index (χ2v) is 7.06. The molecule has 0 unspecified atom stereocenters. The number of nitrogens with one attached hydrogen (secondary N) is 1. The van der Waals surface area contributed by atoms with Crippen LogP contribution in [0, 0.1) is 25.2 Å². The van der Waals surface area contributed by atoms with Crippen LogP contribution in [0.25, 0.3) is 6.08 Å². The van der Waals surface area contributed by atoms with Gasteiger partial charge in [0.1, 0.15) is 11.6 Å². The van der Waals surface area contributed by atoms with E-state index < -0.39 is 24.5 Å². The second-order valence-electron chi connectivity index (χ2n) is 7.06. The molecule has 9 heteroatoms. The van der Waals surface area contributed by atoms with E-state index >= 15 is 0 Å². The van der Waals surface area contributed by atoms with Crippen LogP contribution in [-0.2, 0) is 30.3 Å². The summed E-state index contributed by atoms with van der Waals surface area (Å²) in [4.78, 5) is 36.1. The van der Waals surface area contributed by atoms with Crippen LogP contribution in [0.3, 0.4) is 0 Å². The number of nitriles is 1. The minimum atomic E-state index is -0.896. The lowest BCUT2D eigenvalue weighted by atomic mass is 10.1. The molecule has 0 saturated carbocycles. The minimum Gasteiger partial charge on any atom is -0.462 e. The number of benzene rings is 1. The molecule has 0 saturated heterocycles. The highest BCUT2D eigenvalue weighted by Crippen LogP contribution is 2.19. The molecule has 1 aromatic carbocycles. The number of amides is 1. The van der Waals surface area contributed by atoms with E-state index in [0.29, 0.717) is 30.0 Å². The van der Waals surface area contributed by atoms with Crippen LogP contribution in [0.1, 0.15) is 34.2 Å². The van der Waals surface area contributed by atoms with Gasteiger partial charge in [0.05, 0.1) is 18.8 Å². The van der Waals surface area contributed by atoms with Crippen LogP contribution in [0.2, 0.25) is 0 Å². The fourth-order valence-electron chi connectivity index (χ4n) is 3.10. The van der Waals surface area contributed by atoms with E-state index in [4.69, 9.17) is 14.2 Å². The molecule has 2 aromatic rings. The predicted molar refractivity (Wildman–Crippen MR) is 121 cm³/mol. The molecule has 0 aliphatic rings. The van der Waals surface area contributed by atoms with Gasteiger partial charge in [-0.05, 0) is 62.7 Å². The highest BCUT2D eigenvalue weighted by Gasteiger charge is 2.16. The van der Waals surface area contributed by atoms with Crippen molar-refractivity contribution in [2.75, 3.05) is 32.2 Å². The van der Waals surface area contributed by atoms with E-state index in [1.807, 2.05) is 30.6 Å². The van der Waals surface area contributed by atoms with Crippen molar-refractivity contribution in [1.82, 2.24) is 4.57 Å².